The lowest BCUT2D eigenvalue weighted by atomic mass is 10.0. The zero-order valence-electron chi connectivity index (χ0n) is 17.1. The van der Waals surface area contributed by atoms with Crippen molar-refractivity contribution in [3.05, 3.63) is 45.4 Å². The van der Waals surface area contributed by atoms with Crippen molar-refractivity contribution in [3.63, 3.8) is 0 Å². The minimum Gasteiger partial charge on any atom is -0.393 e. The smallest absolute Gasteiger partial charge is 0.282 e. The molecule has 2 heterocycles. The van der Waals surface area contributed by atoms with Crippen LogP contribution < -0.4 is 16.8 Å². The van der Waals surface area contributed by atoms with Crippen LogP contribution in [0.3, 0.4) is 0 Å². The molecule has 164 valence electrons. The van der Waals surface area contributed by atoms with E-state index in [2.05, 4.69) is 9.97 Å². The monoisotopic (exact) mass is 445 g/mol. The Morgan fingerprint density at radius 2 is 2.06 bits per heavy atom. The van der Waals surface area contributed by atoms with Gasteiger partial charge in [-0.25, -0.2) is 23.4 Å². The maximum absolute atomic E-state index is 13.0. The number of anilines is 1. The molecule has 0 spiro atoms. The summed E-state index contributed by atoms with van der Waals surface area (Å²) in [4.78, 5) is 32.1. The van der Waals surface area contributed by atoms with E-state index in [0.717, 1.165) is 18.4 Å². The van der Waals surface area contributed by atoms with E-state index < -0.39 is 21.3 Å². The third-order valence-electron chi connectivity index (χ3n) is 5.53. The molecule has 2 aromatic heterocycles. The Morgan fingerprint density at radius 3 is 2.71 bits per heavy atom. The van der Waals surface area contributed by atoms with E-state index in [4.69, 9.17) is 10.9 Å². The topological polar surface area (TPSA) is 160 Å². The van der Waals surface area contributed by atoms with Crippen molar-refractivity contribution in [2.45, 2.75) is 38.0 Å². The second-order valence-corrected chi connectivity index (χ2v) is 9.96. The van der Waals surface area contributed by atoms with Gasteiger partial charge >= 0.3 is 0 Å². The lowest BCUT2D eigenvalue weighted by molar-refractivity contribution is -0.128. The number of amides is 1. The molecule has 1 fully saturated rings. The number of carbonyl (C=O) groups excluding carboxylic acids is 1. The van der Waals surface area contributed by atoms with Gasteiger partial charge in [0.25, 0.3) is 5.56 Å². The van der Waals surface area contributed by atoms with Crippen LogP contribution in [0.5, 0.6) is 0 Å². The number of hydrogen-bond acceptors (Lipinski definition) is 7. The summed E-state index contributed by atoms with van der Waals surface area (Å²) in [5.41, 5.74) is 9.34. The Morgan fingerprint density at radius 1 is 1.35 bits per heavy atom. The number of H-pyrrole nitrogens is 1. The van der Waals surface area contributed by atoms with Gasteiger partial charge in [0.1, 0.15) is 5.69 Å². The highest BCUT2D eigenvalue weighted by molar-refractivity contribution is 7.91. The van der Waals surface area contributed by atoms with E-state index in [0.29, 0.717) is 22.3 Å². The van der Waals surface area contributed by atoms with Crippen LogP contribution in [0.1, 0.15) is 29.7 Å². The summed E-state index contributed by atoms with van der Waals surface area (Å²) in [6.07, 6.45) is 1.63. The molecule has 0 saturated heterocycles. The van der Waals surface area contributed by atoms with Crippen LogP contribution in [0.25, 0.3) is 17.0 Å². The number of hydroxylamine groups is 1. The Hall–Kier alpha value is -3.18. The van der Waals surface area contributed by atoms with Gasteiger partial charge in [-0.2, -0.15) is 0 Å². The van der Waals surface area contributed by atoms with Gasteiger partial charge < -0.3 is 10.7 Å². The van der Waals surface area contributed by atoms with Gasteiger partial charge in [-0.3, -0.25) is 14.8 Å². The van der Waals surface area contributed by atoms with E-state index in [-0.39, 0.29) is 34.6 Å². The van der Waals surface area contributed by atoms with Gasteiger partial charge in [-0.15, -0.1) is 0 Å². The van der Waals surface area contributed by atoms with Gasteiger partial charge in [-0.1, -0.05) is 6.07 Å². The first kappa shape index (κ1) is 21.1. The number of hydrogen-bond donors (Lipinski definition) is 4. The molecule has 1 amide bonds. The molecule has 1 aliphatic rings. The van der Waals surface area contributed by atoms with E-state index in [9.17, 15) is 18.0 Å². The van der Waals surface area contributed by atoms with Crippen molar-refractivity contribution >= 4 is 32.5 Å². The Kier molecular flexibility index (Phi) is 5.10. The number of aromatic amines is 1. The third kappa shape index (κ3) is 3.81. The van der Waals surface area contributed by atoms with Crippen LogP contribution in [0.4, 0.5) is 5.69 Å². The summed E-state index contributed by atoms with van der Waals surface area (Å²) < 4.78 is 26.6. The highest BCUT2D eigenvalue weighted by Gasteiger charge is 2.31. The van der Waals surface area contributed by atoms with Crippen LogP contribution in [-0.4, -0.2) is 39.8 Å². The largest absolute Gasteiger partial charge is 0.393 e. The van der Waals surface area contributed by atoms with Gasteiger partial charge in [0.15, 0.2) is 9.84 Å². The van der Waals surface area contributed by atoms with Gasteiger partial charge in [0.2, 0.25) is 11.9 Å². The van der Waals surface area contributed by atoms with E-state index in [1.807, 2.05) is 6.92 Å². The van der Waals surface area contributed by atoms with Crippen LogP contribution >= 0.6 is 0 Å². The lowest BCUT2D eigenvalue weighted by Gasteiger charge is -2.12. The number of nitrogens with two attached hydrogens (primary N) is 1. The van der Waals surface area contributed by atoms with Crippen LogP contribution in [-0.2, 0) is 21.1 Å². The van der Waals surface area contributed by atoms with E-state index in [1.54, 1.807) is 24.5 Å². The highest BCUT2D eigenvalue weighted by Crippen LogP contribution is 2.33. The Labute approximate surface area is 178 Å². The number of rotatable bonds is 6. The minimum atomic E-state index is -3.66. The molecule has 4 rings (SSSR count). The predicted octanol–water partition coefficient (Wildman–Crippen LogP) is 1.14. The number of fused-ring (bicyclic) bond motifs is 1. The van der Waals surface area contributed by atoms with Crippen molar-refractivity contribution in [1.82, 2.24) is 20.0 Å². The standard InChI is InChI=1S/C20H23N5O5S/c1-10-3-6-14-18(13(10)8-16(26)24-28)23-20(22-14)25-11(2)7-15(17(21)19(25)27)31(29,30)9-12-4-5-12/h3,6-7,12,28H,4-5,8-9,21H2,1-2H3,(H,22,23)(H,24,26). The van der Waals surface area contributed by atoms with Gasteiger partial charge in [0, 0.05) is 5.69 Å². The molecule has 11 heteroatoms. The maximum atomic E-state index is 13.0. The van der Waals surface area contributed by atoms with Crippen LogP contribution in [0.15, 0.2) is 27.9 Å². The van der Waals surface area contributed by atoms with Gasteiger partial charge in [0.05, 0.1) is 28.1 Å². The summed E-state index contributed by atoms with van der Waals surface area (Å²) in [5.74, 6) is -0.324. The summed E-state index contributed by atoms with van der Waals surface area (Å²) in [6, 6.07) is 4.95. The number of aryl methyl sites for hydroxylation is 2. The Bertz CT molecular complexity index is 1370. The number of nitrogens with one attached hydrogen (secondary N) is 2. The molecule has 1 aliphatic carbocycles. The second kappa shape index (κ2) is 7.50. The molecular weight excluding hydrogens is 422 g/mol. The van der Waals surface area contributed by atoms with Crippen molar-refractivity contribution in [3.8, 4) is 5.95 Å². The molecule has 1 saturated carbocycles. The molecule has 0 unspecified atom stereocenters. The first-order chi connectivity index (χ1) is 14.6. The van der Waals surface area contributed by atoms with Crippen molar-refractivity contribution in [2.75, 3.05) is 11.5 Å². The number of carbonyl (C=O) groups is 1. The average molecular weight is 446 g/mol. The number of sulfone groups is 1. The molecule has 3 aromatic rings. The molecule has 1 aromatic carbocycles. The molecular formula is C20H23N5O5S. The maximum Gasteiger partial charge on any atom is 0.282 e. The lowest BCUT2D eigenvalue weighted by Crippen LogP contribution is -2.27. The predicted molar refractivity (Wildman–Crippen MR) is 114 cm³/mol. The van der Waals surface area contributed by atoms with Crippen molar-refractivity contribution in [2.24, 2.45) is 5.92 Å². The summed E-state index contributed by atoms with van der Waals surface area (Å²) in [5, 5.41) is 8.86. The zero-order valence-corrected chi connectivity index (χ0v) is 17.9. The number of nitrogen functional groups attached to an aromatic ring is 1. The fourth-order valence-electron chi connectivity index (χ4n) is 3.67. The normalized spacial score (nSPS) is 14.2. The average Bonchev–Trinajstić information content (AvgIpc) is 3.41. The molecule has 0 bridgehead atoms. The van der Waals surface area contributed by atoms with Gasteiger partial charge in [-0.05, 0) is 55.9 Å². The van der Waals surface area contributed by atoms with E-state index >= 15 is 0 Å². The quantitative estimate of drug-likeness (QED) is 0.327. The number of nitrogens with zero attached hydrogens (tertiary/aromatic N) is 2. The number of benzene rings is 1. The number of aromatic nitrogens is 3. The van der Waals surface area contributed by atoms with Crippen LogP contribution in [0.2, 0.25) is 0 Å². The van der Waals surface area contributed by atoms with Crippen molar-refractivity contribution < 1.29 is 18.4 Å². The number of pyridine rings is 1. The fourth-order valence-corrected chi connectivity index (χ4v) is 5.58. The number of imidazole rings is 1. The second-order valence-electron chi connectivity index (χ2n) is 7.96. The first-order valence-electron chi connectivity index (χ1n) is 9.78. The molecule has 0 radical (unpaired) electrons. The molecule has 0 atom stereocenters. The third-order valence-corrected chi connectivity index (χ3v) is 7.45. The summed E-state index contributed by atoms with van der Waals surface area (Å²) in [7, 11) is -3.66. The summed E-state index contributed by atoms with van der Waals surface area (Å²) >= 11 is 0. The minimum absolute atomic E-state index is 0.0136. The highest BCUT2D eigenvalue weighted by atomic mass is 32.2. The molecule has 10 nitrogen and oxygen atoms in total. The first-order valence-corrected chi connectivity index (χ1v) is 11.4. The SMILES string of the molecule is Cc1ccc2[nH]c(-n3c(C)cc(S(=O)(=O)CC4CC4)c(N)c3=O)nc2c1CC(=O)NO. The van der Waals surface area contributed by atoms with Crippen LogP contribution in [0, 0.1) is 19.8 Å². The summed E-state index contributed by atoms with van der Waals surface area (Å²) in [6.45, 7) is 3.41. The van der Waals surface area contributed by atoms with Crippen molar-refractivity contribution in [1.29, 1.82) is 0 Å². The Balaban J connectivity index is 1.85. The molecule has 0 aliphatic heterocycles. The van der Waals surface area contributed by atoms with E-state index in [1.165, 1.54) is 10.6 Å². The fraction of sp³-hybridized carbons (Fsp3) is 0.350. The zero-order chi connectivity index (χ0) is 22.5. The molecule has 31 heavy (non-hydrogen) atoms. The molecule has 5 N–H and O–H groups in total.